The fourth-order valence-electron chi connectivity index (χ4n) is 4.42. The SMILES string of the molecule is Cc1ccccc1CN1C(=O)[C@@](O)(CC(=O)c2cc(C(C)C)ccc2C)c2ccccc21. The summed E-state index contributed by atoms with van der Waals surface area (Å²) in [6.07, 6.45) is -0.282. The smallest absolute Gasteiger partial charge is 0.264 e. The molecule has 1 aliphatic heterocycles. The molecule has 0 radical (unpaired) electrons. The van der Waals surface area contributed by atoms with Crippen molar-refractivity contribution < 1.29 is 14.7 Å². The maximum absolute atomic E-state index is 13.6. The van der Waals surface area contributed by atoms with Crippen LogP contribution in [0.5, 0.6) is 0 Å². The van der Waals surface area contributed by atoms with Gasteiger partial charge in [0.2, 0.25) is 0 Å². The largest absolute Gasteiger partial charge is 0.375 e. The van der Waals surface area contributed by atoms with Crippen LogP contribution in [-0.4, -0.2) is 16.8 Å². The van der Waals surface area contributed by atoms with Gasteiger partial charge in [-0.15, -0.1) is 0 Å². The Labute approximate surface area is 189 Å². The number of carbonyl (C=O) groups is 2. The van der Waals surface area contributed by atoms with Crippen molar-refractivity contribution in [1.82, 2.24) is 0 Å². The zero-order valence-electron chi connectivity index (χ0n) is 19.1. The number of benzene rings is 3. The second-order valence-electron chi connectivity index (χ2n) is 9.02. The molecule has 0 saturated heterocycles. The Bertz CT molecular complexity index is 1200. The van der Waals surface area contributed by atoms with Gasteiger partial charge in [-0.2, -0.15) is 0 Å². The van der Waals surface area contributed by atoms with E-state index in [4.69, 9.17) is 0 Å². The average molecular weight is 428 g/mol. The molecule has 0 aliphatic carbocycles. The summed E-state index contributed by atoms with van der Waals surface area (Å²) in [5, 5.41) is 11.6. The van der Waals surface area contributed by atoms with Crippen LogP contribution in [0.2, 0.25) is 0 Å². The van der Waals surface area contributed by atoms with Gasteiger partial charge in [0.15, 0.2) is 11.4 Å². The highest BCUT2D eigenvalue weighted by Gasteiger charge is 2.50. The zero-order valence-corrected chi connectivity index (χ0v) is 19.1. The molecular weight excluding hydrogens is 398 g/mol. The van der Waals surface area contributed by atoms with E-state index in [9.17, 15) is 14.7 Å². The summed E-state index contributed by atoms with van der Waals surface area (Å²) in [5.74, 6) is -0.398. The lowest BCUT2D eigenvalue weighted by atomic mass is 9.86. The van der Waals surface area contributed by atoms with Crippen molar-refractivity contribution in [3.63, 3.8) is 0 Å². The van der Waals surface area contributed by atoms with E-state index in [2.05, 4.69) is 13.8 Å². The highest BCUT2D eigenvalue weighted by atomic mass is 16.3. The Kier molecular flexibility index (Phi) is 5.74. The van der Waals surface area contributed by atoms with Crippen LogP contribution in [0.25, 0.3) is 0 Å². The highest BCUT2D eigenvalue weighted by molar-refractivity contribution is 6.11. The molecule has 0 saturated carbocycles. The van der Waals surface area contributed by atoms with Crippen LogP contribution in [0.4, 0.5) is 5.69 Å². The fraction of sp³-hybridized carbons (Fsp3) is 0.286. The topological polar surface area (TPSA) is 57.6 Å². The lowest BCUT2D eigenvalue weighted by Crippen LogP contribution is -2.41. The Balaban J connectivity index is 1.70. The van der Waals surface area contributed by atoms with Crippen molar-refractivity contribution in [2.45, 2.75) is 52.2 Å². The highest BCUT2D eigenvalue weighted by Crippen LogP contribution is 2.43. The molecule has 1 atom stereocenters. The summed E-state index contributed by atoms with van der Waals surface area (Å²) >= 11 is 0. The zero-order chi connectivity index (χ0) is 23.0. The molecular formula is C28H29NO3. The second kappa shape index (κ2) is 8.36. The molecule has 0 spiro atoms. The maximum Gasteiger partial charge on any atom is 0.264 e. The minimum atomic E-state index is -1.88. The van der Waals surface area contributed by atoms with Gasteiger partial charge in [-0.1, -0.05) is 68.4 Å². The predicted molar refractivity (Wildman–Crippen MR) is 127 cm³/mol. The number of aryl methyl sites for hydroxylation is 2. The van der Waals surface area contributed by atoms with Crippen LogP contribution < -0.4 is 4.90 Å². The lowest BCUT2D eigenvalue weighted by molar-refractivity contribution is -0.136. The molecule has 164 valence electrons. The molecule has 1 heterocycles. The molecule has 3 aromatic carbocycles. The number of fused-ring (bicyclic) bond motifs is 1. The minimum Gasteiger partial charge on any atom is -0.375 e. The van der Waals surface area contributed by atoms with E-state index in [0.717, 1.165) is 22.3 Å². The van der Waals surface area contributed by atoms with E-state index in [1.54, 1.807) is 17.0 Å². The lowest BCUT2D eigenvalue weighted by Gasteiger charge is -2.24. The Morgan fingerprint density at radius 2 is 1.66 bits per heavy atom. The van der Waals surface area contributed by atoms with E-state index >= 15 is 0 Å². The van der Waals surface area contributed by atoms with Gasteiger partial charge < -0.3 is 10.0 Å². The molecule has 1 amide bonds. The molecule has 1 aliphatic rings. The number of amides is 1. The third kappa shape index (κ3) is 3.76. The van der Waals surface area contributed by atoms with Crippen LogP contribution in [0, 0.1) is 13.8 Å². The first-order chi connectivity index (χ1) is 15.2. The molecule has 0 aromatic heterocycles. The molecule has 32 heavy (non-hydrogen) atoms. The van der Waals surface area contributed by atoms with E-state index in [0.29, 0.717) is 23.4 Å². The van der Waals surface area contributed by atoms with Crippen LogP contribution in [0.15, 0.2) is 66.7 Å². The van der Waals surface area contributed by atoms with Crippen LogP contribution >= 0.6 is 0 Å². The number of nitrogens with zero attached hydrogens (tertiary/aromatic N) is 1. The van der Waals surface area contributed by atoms with Gasteiger partial charge >= 0.3 is 0 Å². The summed E-state index contributed by atoms with van der Waals surface area (Å²) in [6, 6.07) is 20.9. The standard InChI is InChI=1S/C28H29NO3/c1-18(2)21-14-13-20(4)23(15-21)26(30)16-28(32)24-11-7-8-12-25(24)29(27(28)31)17-22-10-6-5-9-19(22)3/h5-15,18,32H,16-17H2,1-4H3/t28-/m1/s1. The van der Waals surface area contributed by atoms with Gasteiger partial charge in [-0.25, -0.2) is 0 Å². The summed E-state index contributed by atoms with van der Waals surface area (Å²) in [5.41, 5.74) is 3.82. The Morgan fingerprint density at radius 3 is 2.38 bits per heavy atom. The van der Waals surface area contributed by atoms with Crippen molar-refractivity contribution in [3.05, 3.63) is 100 Å². The van der Waals surface area contributed by atoms with Gasteiger partial charge in [-0.05, 0) is 54.2 Å². The number of hydrogen-bond acceptors (Lipinski definition) is 3. The number of anilines is 1. The van der Waals surface area contributed by atoms with Crippen molar-refractivity contribution in [2.24, 2.45) is 0 Å². The molecule has 4 heteroatoms. The minimum absolute atomic E-state index is 0.228. The third-order valence-electron chi connectivity index (χ3n) is 6.47. The fourth-order valence-corrected chi connectivity index (χ4v) is 4.42. The third-order valence-corrected chi connectivity index (χ3v) is 6.47. The van der Waals surface area contributed by atoms with Gasteiger partial charge in [0.25, 0.3) is 5.91 Å². The molecule has 4 rings (SSSR count). The molecule has 4 nitrogen and oxygen atoms in total. The van der Waals surface area contributed by atoms with Gasteiger partial charge in [0.05, 0.1) is 18.7 Å². The number of hydrogen-bond donors (Lipinski definition) is 1. The number of aliphatic hydroxyl groups is 1. The van der Waals surface area contributed by atoms with Gasteiger partial charge in [0, 0.05) is 11.1 Å². The van der Waals surface area contributed by atoms with E-state index in [1.165, 1.54) is 0 Å². The summed E-state index contributed by atoms with van der Waals surface area (Å²) in [6.45, 7) is 8.39. The monoisotopic (exact) mass is 427 g/mol. The van der Waals surface area contributed by atoms with Crippen molar-refractivity contribution in [3.8, 4) is 0 Å². The quantitative estimate of drug-likeness (QED) is 0.533. The van der Waals surface area contributed by atoms with Crippen LogP contribution in [0.1, 0.15) is 64.4 Å². The van der Waals surface area contributed by atoms with Crippen molar-refractivity contribution >= 4 is 17.4 Å². The molecule has 1 N–H and O–H groups in total. The van der Waals surface area contributed by atoms with Crippen LogP contribution in [-0.2, 0) is 16.9 Å². The van der Waals surface area contributed by atoms with Gasteiger partial charge in [0.1, 0.15) is 0 Å². The first-order valence-corrected chi connectivity index (χ1v) is 11.0. The first-order valence-electron chi connectivity index (χ1n) is 11.0. The van der Waals surface area contributed by atoms with Crippen molar-refractivity contribution in [2.75, 3.05) is 4.90 Å². The molecule has 3 aromatic rings. The molecule has 0 unspecified atom stereocenters. The number of para-hydroxylation sites is 1. The number of ketones is 1. The Hall–Kier alpha value is -3.24. The van der Waals surface area contributed by atoms with E-state index in [-0.39, 0.29) is 18.1 Å². The normalized spacial score (nSPS) is 17.7. The summed E-state index contributed by atoms with van der Waals surface area (Å²) in [4.78, 5) is 28.5. The molecule has 0 fully saturated rings. The number of Topliss-reactive ketones (excluding diaryl/α,β-unsaturated/α-hetero) is 1. The van der Waals surface area contributed by atoms with E-state index in [1.807, 2.05) is 68.4 Å². The average Bonchev–Trinajstić information content (AvgIpc) is 2.97. The van der Waals surface area contributed by atoms with Crippen molar-refractivity contribution in [1.29, 1.82) is 0 Å². The van der Waals surface area contributed by atoms with E-state index < -0.39 is 11.5 Å². The molecule has 0 bridgehead atoms. The van der Waals surface area contributed by atoms with Crippen LogP contribution in [0.3, 0.4) is 0 Å². The van der Waals surface area contributed by atoms with Gasteiger partial charge in [-0.3, -0.25) is 9.59 Å². The maximum atomic E-state index is 13.6. The number of carbonyl (C=O) groups excluding carboxylic acids is 2. The number of rotatable bonds is 6. The summed E-state index contributed by atoms with van der Waals surface area (Å²) < 4.78 is 0. The Morgan fingerprint density at radius 1 is 0.969 bits per heavy atom. The summed E-state index contributed by atoms with van der Waals surface area (Å²) in [7, 11) is 0. The second-order valence-corrected chi connectivity index (χ2v) is 9.02. The first kappa shape index (κ1) is 22.0. The predicted octanol–water partition coefficient (Wildman–Crippen LogP) is 5.43.